The fraction of sp³-hybridized carbons (Fsp3) is 0.562. The van der Waals surface area contributed by atoms with Gasteiger partial charge in [-0.15, -0.1) is 0 Å². The minimum atomic E-state index is -0.235. The second-order valence-electron chi connectivity index (χ2n) is 5.71. The molecule has 0 aromatic heterocycles. The van der Waals surface area contributed by atoms with Gasteiger partial charge in [-0.3, -0.25) is 4.79 Å². The average molecular weight is 291 g/mol. The summed E-state index contributed by atoms with van der Waals surface area (Å²) in [5.41, 5.74) is 7.25. The van der Waals surface area contributed by atoms with Gasteiger partial charge >= 0.3 is 0 Å². The molecule has 4 N–H and O–H groups in total. The van der Waals surface area contributed by atoms with Gasteiger partial charge in [0.25, 0.3) is 0 Å². The van der Waals surface area contributed by atoms with Crippen LogP contribution in [0.1, 0.15) is 38.3 Å². The van der Waals surface area contributed by atoms with Crippen LogP contribution < -0.4 is 16.0 Å². The molecular formula is C16H25N3O2. The van der Waals surface area contributed by atoms with Gasteiger partial charge < -0.3 is 21.1 Å². The van der Waals surface area contributed by atoms with E-state index in [0.29, 0.717) is 12.3 Å². The Morgan fingerprint density at radius 1 is 1.57 bits per heavy atom. The Labute approximate surface area is 126 Å². The van der Waals surface area contributed by atoms with E-state index >= 15 is 0 Å². The largest absolute Gasteiger partial charge is 0.508 e. The molecule has 0 bridgehead atoms. The number of aromatic hydroxyl groups is 1. The van der Waals surface area contributed by atoms with Gasteiger partial charge in [0.05, 0.1) is 5.92 Å². The number of carbonyl (C=O) groups excluding carboxylic acids is 1. The number of primary amides is 1. The van der Waals surface area contributed by atoms with Crippen LogP contribution in [-0.4, -0.2) is 30.6 Å². The van der Waals surface area contributed by atoms with Crippen molar-refractivity contribution in [3.63, 3.8) is 0 Å². The lowest BCUT2D eigenvalue weighted by molar-refractivity contribution is -0.122. The van der Waals surface area contributed by atoms with E-state index < -0.39 is 0 Å². The molecule has 5 heteroatoms. The summed E-state index contributed by atoms with van der Waals surface area (Å²) in [4.78, 5) is 13.5. The van der Waals surface area contributed by atoms with Crippen LogP contribution in [0.3, 0.4) is 0 Å². The first-order valence-corrected chi connectivity index (χ1v) is 7.63. The number of phenols is 1. The molecule has 0 aliphatic carbocycles. The van der Waals surface area contributed by atoms with Gasteiger partial charge in [0.15, 0.2) is 0 Å². The van der Waals surface area contributed by atoms with Crippen molar-refractivity contribution in [3.05, 3.63) is 23.8 Å². The maximum atomic E-state index is 11.4. The number of carbonyl (C=O) groups is 1. The van der Waals surface area contributed by atoms with Crippen molar-refractivity contribution in [1.82, 2.24) is 5.32 Å². The van der Waals surface area contributed by atoms with Crippen LogP contribution in [0.25, 0.3) is 0 Å². The number of rotatable bonds is 5. The van der Waals surface area contributed by atoms with Crippen LogP contribution in [0.2, 0.25) is 0 Å². The number of phenolic OH excluding ortho intramolecular Hbond substituents is 1. The second kappa shape index (κ2) is 6.80. The molecule has 1 aliphatic rings. The molecule has 5 nitrogen and oxygen atoms in total. The lowest BCUT2D eigenvalue weighted by Gasteiger charge is -2.33. The molecule has 0 saturated carbocycles. The number of amides is 1. The molecule has 2 atom stereocenters. The molecule has 0 spiro atoms. The molecule has 1 amide bonds. The quantitative estimate of drug-likeness (QED) is 0.772. The van der Waals surface area contributed by atoms with E-state index in [1.165, 1.54) is 0 Å². The molecule has 1 heterocycles. The molecule has 21 heavy (non-hydrogen) atoms. The molecule has 0 radical (unpaired) electrons. The van der Waals surface area contributed by atoms with E-state index in [9.17, 15) is 9.90 Å². The SMILES string of the molecule is CCNC(C)c1ccc(N2CCCC(C(N)=O)C2)cc1O. The summed E-state index contributed by atoms with van der Waals surface area (Å²) >= 11 is 0. The zero-order chi connectivity index (χ0) is 15.4. The zero-order valence-corrected chi connectivity index (χ0v) is 12.8. The van der Waals surface area contributed by atoms with Gasteiger partial charge in [-0.25, -0.2) is 0 Å². The molecule has 1 aliphatic heterocycles. The van der Waals surface area contributed by atoms with Crippen LogP contribution in [0, 0.1) is 5.92 Å². The highest BCUT2D eigenvalue weighted by Gasteiger charge is 2.24. The van der Waals surface area contributed by atoms with E-state index in [0.717, 1.165) is 37.2 Å². The summed E-state index contributed by atoms with van der Waals surface area (Å²) in [6.45, 7) is 6.46. The van der Waals surface area contributed by atoms with Crippen molar-refractivity contribution in [2.45, 2.75) is 32.7 Å². The molecule has 1 aromatic rings. The monoisotopic (exact) mass is 291 g/mol. The molecule has 2 rings (SSSR count). The van der Waals surface area contributed by atoms with Gasteiger partial charge in [0.2, 0.25) is 5.91 Å². The highest BCUT2D eigenvalue weighted by atomic mass is 16.3. The number of hydrogen-bond donors (Lipinski definition) is 3. The maximum absolute atomic E-state index is 11.4. The minimum absolute atomic E-state index is 0.0961. The minimum Gasteiger partial charge on any atom is -0.508 e. The van der Waals surface area contributed by atoms with E-state index in [2.05, 4.69) is 10.2 Å². The van der Waals surface area contributed by atoms with Crippen LogP contribution in [-0.2, 0) is 4.79 Å². The van der Waals surface area contributed by atoms with Gasteiger partial charge in [0, 0.05) is 36.4 Å². The Hall–Kier alpha value is -1.75. The second-order valence-corrected chi connectivity index (χ2v) is 5.71. The van der Waals surface area contributed by atoms with Gasteiger partial charge in [-0.1, -0.05) is 13.0 Å². The third-order valence-electron chi connectivity index (χ3n) is 4.18. The topological polar surface area (TPSA) is 78.6 Å². The van der Waals surface area contributed by atoms with Crippen LogP contribution >= 0.6 is 0 Å². The van der Waals surface area contributed by atoms with Gasteiger partial charge in [0.1, 0.15) is 5.75 Å². The van der Waals surface area contributed by atoms with Crippen molar-refractivity contribution >= 4 is 11.6 Å². The first-order chi connectivity index (χ1) is 10.0. The summed E-state index contributed by atoms with van der Waals surface area (Å²) in [7, 11) is 0. The highest BCUT2D eigenvalue weighted by Crippen LogP contribution is 2.31. The number of anilines is 1. The average Bonchev–Trinajstić information content (AvgIpc) is 2.47. The third-order valence-corrected chi connectivity index (χ3v) is 4.18. The fourth-order valence-corrected chi connectivity index (χ4v) is 2.95. The number of nitrogens with zero attached hydrogens (tertiary/aromatic N) is 1. The number of nitrogens with two attached hydrogens (primary N) is 1. The lowest BCUT2D eigenvalue weighted by Crippen LogP contribution is -2.41. The Kier molecular flexibility index (Phi) is 5.07. The molecule has 2 unspecified atom stereocenters. The predicted molar refractivity (Wildman–Crippen MR) is 84.3 cm³/mol. The van der Waals surface area contributed by atoms with Crippen LogP contribution in [0.4, 0.5) is 5.69 Å². The lowest BCUT2D eigenvalue weighted by atomic mass is 9.96. The summed E-state index contributed by atoms with van der Waals surface area (Å²) < 4.78 is 0. The normalized spacial score (nSPS) is 20.3. The highest BCUT2D eigenvalue weighted by molar-refractivity contribution is 5.77. The molecule has 1 aromatic carbocycles. The third kappa shape index (κ3) is 3.67. The van der Waals surface area contributed by atoms with E-state index in [1.807, 2.05) is 26.0 Å². The van der Waals surface area contributed by atoms with Crippen LogP contribution in [0.5, 0.6) is 5.75 Å². The Bertz CT molecular complexity index is 504. The van der Waals surface area contributed by atoms with Gasteiger partial charge in [-0.05, 0) is 32.4 Å². The standard InChI is InChI=1S/C16H25N3O2/c1-3-18-11(2)14-7-6-13(9-15(14)20)19-8-4-5-12(10-19)16(17)21/h6-7,9,11-12,18,20H,3-5,8,10H2,1-2H3,(H2,17,21). The number of piperidine rings is 1. The maximum Gasteiger partial charge on any atom is 0.222 e. The smallest absolute Gasteiger partial charge is 0.222 e. The Balaban J connectivity index is 2.14. The molecule has 1 saturated heterocycles. The first kappa shape index (κ1) is 15.6. The molecular weight excluding hydrogens is 266 g/mol. The fourth-order valence-electron chi connectivity index (χ4n) is 2.95. The molecule has 116 valence electrons. The van der Waals surface area contributed by atoms with Crippen LogP contribution in [0.15, 0.2) is 18.2 Å². The zero-order valence-electron chi connectivity index (χ0n) is 12.8. The summed E-state index contributed by atoms with van der Waals surface area (Å²) in [5, 5.41) is 13.5. The summed E-state index contributed by atoms with van der Waals surface area (Å²) in [6, 6.07) is 5.86. The van der Waals surface area contributed by atoms with E-state index in [4.69, 9.17) is 5.73 Å². The van der Waals surface area contributed by atoms with Crippen molar-refractivity contribution in [2.75, 3.05) is 24.5 Å². The Morgan fingerprint density at radius 2 is 2.33 bits per heavy atom. The first-order valence-electron chi connectivity index (χ1n) is 7.63. The summed E-state index contributed by atoms with van der Waals surface area (Å²) in [6.07, 6.45) is 1.80. The predicted octanol–water partition coefficient (Wildman–Crippen LogP) is 1.76. The number of nitrogens with one attached hydrogen (secondary N) is 1. The summed E-state index contributed by atoms with van der Waals surface area (Å²) in [5.74, 6) is -0.0373. The number of benzene rings is 1. The Morgan fingerprint density at radius 3 is 2.95 bits per heavy atom. The van der Waals surface area contributed by atoms with Crippen molar-refractivity contribution in [2.24, 2.45) is 11.7 Å². The van der Waals surface area contributed by atoms with Crippen molar-refractivity contribution in [1.29, 1.82) is 0 Å². The van der Waals surface area contributed by atoms with Crippen molar-refractivity contribution in [3.8, 4) is 5.75 Å². The van der Waals surface area contributed by atoms with E-state index in [-0.39, 0.29) is 17.9 Å². The number of hydrogen-bond acceptors (Lipinski definition) is 4. The van der Waals surface area contributed by atoms with Gasteiger partial charge in [-0.2, -0.15) is 0 Å². The van der Waals surface area contributed by atoms with Crippen molar-refractivity contribution < 1.29 is 9.90 Å². The molecule has 1 fully saturated rings. The van der Waals surface area contributed by atoms with E-state index in [1.54, 1.807) is 6.07 Å².